The number of hydrogen-bond donors (Lipinski definition) is 3. The zero-order chi connectivity index (χ0) is 17.9. The van der Waals surface area contributed by atoms with Gasteiger partial charge in [0.15, 0.2) is 5.69 Å². The molecule has 1 aromatic carbocycles. The van der Waals surface area contributed by atoms with E-state index in [0.29, 0.717) is 18.8 Å². The Balaban J connectivity index is 1.42. The summed E-state index contributed by atoms with van der Waals surface area (Å²) >= 11 is 0. The number of rotatable bonds is 3. The highest BCUT2D eigenvalue weighted by molar-refractivity contribution is 5.94. The van der Waals surface area contributed by atoms with Gasteiger partial charge in [-0.25, -0.2) is 0 Å². The number of benzene rings is 1. The third-order valence-corrected chi connectivity index (χ3v) is 6.69. The van der Waals surface area contributed by atoms with Gasteiger partial charge in [-0.05, 0) is 36.7 Å². The van der Waals surface area contributed by atoms with E-state index in [1.165, 1.54) is 0 Å². The van der Waals surface area contributed by atoms with E-state index in [2.05, 4.69) is 10.2 Å². The van der Waals surface area contributed by atoms with Gasteiger partial charge >= 0.3 is 0 Å². The second kappa shape index (κ2) is 5.66. The van der Waals surface area contributed by atoms with Gasteiger partial charge in [0.05, 0.1) is 6.10 Å². The fourth-order valence-electron chi connectivity index (χ4n) is 5.37. The van der Waals surface area contributed by atoms with Crippen LogP contribution in [0.25, 0.3) is 0 Å². The summed E-state index contributed by atoms with van der Waals surface area (Å²) in [5, 5.41) is 28.0. The van der Waals surface area contributed by atoms with Crippen LogP contribution in [-0.2, 0) is 12.8 Å². The highest BCUT2D eigenvalue weighted by Gasteiger charge is 2.71. The number of aromatic amines is 1. The second-order valence-electron chi connectivity index (χ2n) is 7.87. The second-order valence-corrected chi connectivity index (χ2v) is 7.87. The Kier molecular flexibility index (Phi) is 3.49. The van der Waals surface area contributed by atoms with Crippen LogP contribution in [0.3, 0.4) is 0 Å². The molecule has 2 aliphatic carbocycles. The average Bonchev–Trinajstić information content (AvgIpc) is 3.01. The van der Waals surface area contributed by atoms with E-state index in [1.54, 1.807) is 4.90 Å². The average molecular weight is 353 g/mol. The first-order valence-corrected chi connectivity index (χ1v) is 9.36. The van der Waals surface area contributed by atoms with Crippen molar-refractivity contribution in [3.05, 3.63) is 52.8 Å². The van der Waals surface area contributed by atoms with E-state index in [4.69, 9.17) is 0 Å². The number of fused-ring (bicyclic) bond motifs is 1. The number of nitrogens with zero attached hydrogens (tertiary/aromatic N) is 2. The van der Waals surface area contributed by atoms with Crippen LogP contribution < -0.4 is 0 Å². The lowest BCUT2D eigenvalue weighted by Gasteiger charge is -2.16. The van der Waals surface area contributed by atoms with Crippen LogP contribution in [0.1, 0.15) is 39.6 Å². The third-order valence-electron chi connectivity index (χ3n) is 6.69. The summed E-state index contributed by atoms with van der Waals surface area (Å²) in [6, 6.07) is 10.0. The van der Waals surface area contributed by atoms with Crippen molar-refractivity contribution in [1.29, 1.82) is 0 Å². The molecule has 1 aromatic heterocycles. The summed E-state index contributed by atoms with van der Waals surface area (Å²) in [5.74, 6) is -0.0234. The normalized spacial score (nSPS) is 32.2. The molecule has 0 bridgehead atoms. The molecular weight excluding hydrogens is 330 g/mol. The van der Waals surface area contributed by atoms with Crippen LogP contribution in [0.2, 0.25) is 0 Å². The number of carbonyl (C=O) groups excluding carboxylic acids is 1. The summed E-state index contributed by atoms with van der Waals surface area (Å²) in [6.07, 6.45) is 2.27. The molecule has 1 spiro atoms. The third kappa shape index (κ3) is 2.06. The quantitative estimate of drug-likeness (QED) is 0.771. The molecule has 6 heteroatoms. The number of nitrogens with one attached hydrogen (secondary N) is 1. The zero-order valence-electron chi connectivity index (χ0n) is 14.6. The maximum Gasteiger partial charge on any atom is 0.274 e. The molecule has 2 heterocycles. The Morgan fingerprint density at radius 2 is 2.12 bits per heavy atom. The fraction of sp³-hybridized carbons (Fsp3) is 0.500. The highest BCUT2D eigenvalue weighted by Crippen LogP contribution is 2.68. The van der Waals surface area contributed by atoms with Crippen LogP contribution in [0, 0.1) is 11.3 Å². The number of β-amino-alcohol motifs (C(OH)–C–C–N with tert-alkyl or cyclic N) is 1. The molecular formula is C20H23N3O3. The molecule has 26 heavy (non-hydrogen) atoms. The zero-order valence-corrected chi connectivity index (χ0v) is 14.6. The largest absolute Gasteiger partial charge is 0.396 e. The highest BCUT2D eigenvalue weighted by atomic mass is 16.3. The number of amides is 1. The number of aliphatic hydroxyl groups excluding tert-OH is 2. The van der Waals surface area contributed by atoms with Crippen LogP contribution in [0.4, 0.5) is 0 Å². The van der Waals surface area contributed by atoms with E-state index in [9.17, 15) is 15.0 Å². The maximum absolute atomic E-state index is 13.0. The Bertz CT molecular complexity index is 849. The van der Waals surface area contributed by atoms with Crippen molar-refractivity contribution < 1.29 is 15.0 Å². The predicted molar refractivity (Wildman–Crippen MR) is 94.7 cm³/mol. The van der Waals surface area contributed by atoms with Gasteiger partial charge in [0.1, 0.15) is 0 Å². The minimum absolute atomic E-state index is 0.0115. The van der Waals surface area contributed by atoms with Crippen molar-refractivity contribution in [1.82, 2.24) is 15.1 Å². The van der Waals surface area contributed by atoms with Crippen molar-refractivity contribution >= 4 is 5.91 Å². The molecule has 0 unspecified atom stereocenters. The molecule has 1 saturated carbocycles. The van der Waals surface area contributed by atoms with Crippen LogP contribution >= 0.6 is 0 Å². The van der Waals surface area contributed by atoms with E-state index >= 15 is 0 Å². The topological polar surface area (TPSA) is 89.5 Å². The minimum Gasteiger partial charge on any atom is -0.396 e. The van der Waals surface area contributed by atoms with Gasteiger partial charge in [0.2, 0.25) is 0 Å². The van der Waals surface area contributed by atoms with E-state index in [-0.39, 0.29) is 24.3 Å². The predicted octanol–water partition coefficient (Wildman–Crippen LogP) is 1.11. The minimum atomic E-state index is -0.624. The van der Waals surface area contributed by atoms with E-state index in [0.717, 1.165) is 36.1 Å². The van der Waals surface area contributed by atoms with Gasteiger partial charge < -0.3 is 15.1 Å². The van der Waals surface area contributed by atoms with Gasteiger partial charge in [-0.1, -0.05) is 30.3 Å². The van der Waals surface area contributed by atoms with Crippen molar-refractivity contribution in [3.63, 3.8) is 0 Å². The lowest BCUT2D eigenvalue weighted by Crippen LogP contribution is -2.30. The van der Waals surface area contributed by atoms with Crippen LogP contribution in [0.5, 0.6) is 0 Å². The van der Waals surface area contributed by atoms with Crippen molar-refractivity contribution in [2.24, 2.45) is 11.3 Å². The SMILES string of the molecule is O=C(c1n[nH]c2c1CCC2)N1C[C@H](O)[C@@]2(C1)[C@H](CO)[C@H]2c1ccccc1. The van der Waals surface area contributed by atoms with Gasteiger partial charge in [0, 0.05) is 36.4 Å². The monoisotopic (exact) mass is 353 g/mol. The number of aryl methyl sites for hydroxylation is 1. The molecule has 3 aliphatic rings. The van der Waals surface area contributed by atoms with Gasteiger partial charge in [-0.3, -0.25) is 9.89 Å². The number of carbonyl (C=O) groups is 1. The summed E-state index contributed by atoms with van der Waals surface area (Å²) < 4.78 is 0. The first-order chi connectivity index (χ1) is 12.7. The molecule has 3 N–H and O–H groups in total. The standard InChI is InChI=1S/C20H23N3O3/c24-10-14-17(12-5-2-1-3-6-12)20(14)11-23(9-16(20)25)19(26)18-13-7-4-8-15(13)21-22-18/h1-3,5-6,14,16-17,24-25H,4,7-11H2,(H,21,22)/t14-,16+,17-,20-/m1/s1. The van der Waals surface area contributed by atoms with Crippen molar-refractivity contribution in [3.8, 4) is 0 Å². The molecule has 2 aromatic rings. The molecule has 0 radical (unpaired) electrons. The number of aliphatic hydroxyl groups is 2. The number of hydrogen-bond acceptors (Lipinski definition) is 4. The molecule has 4 atom stereocenters. The smallest absolute Gasteiger partial charge is 0.274 e. The van der Waals surface area contributed by atoms with Crippen molar-refractivity contribution in [2.75, 3.05) is 19.7 Å². The molecule has 136 valence electrons. The lowest BCUT2D eigenvalue weighted by molar-refractivity contribution is 0.0757. The maximum atomic E-state index is 13.0. The Morgan fingerprint density at radius 1 is 1.31 bits per heavy atom. The Hall–Kier alpha value is -2.18. The Labute approximate surface area is 151 Å². The van der Waals surface area contributed by atoms with Crippen molar-refractivity contribution in [2.45, 2.75) is 31.3 Å². The lowest BCUT2D eigenvalue weighted by atomic mass is 9.95. The summed E-state index contributed by atoms with van der Waals surface area (Å²) in [4.78, 5) is 14.8. The fourth-order valence-corrected chi connectivity index (χ4v) is 5.37. The number of likely N-dealkylation sites (tertiary alicyclic amines) is 1. The van der Waals surface area contributed by atoms with E-state index < -0.39 is 11.5 Å². The molecule has 1 amide bonds. The van der Waals surface area contributed by atoms with Crippen LogP contribution in [0.15, 0.2) is 30.3 Å². The van der Waals surface area contributed by atoms with Gasteiger partial charge in [-0.2, -0.15) is 5.10 Å². The molecule has 1 saturated heterocycles. The van der Waals surface area contributed by atoms with Gasteiger partial charge in [-0.15, -0.1) is 0 Å². The molecule has 1 aliphatic heterocycles. The number of aromatic nitrogens is 2. The van der Waals surface area contributed by atoms with Gasteiger partial charge in [0.25, 0.3) is 5.91 Å². The summed E-state index contributed by atoms with van der Waals surface area (Å²) in [7, 11) is 0. The molecule has 6 nitrogen and oxygen atoms in total. The number of H-pyrrole nitrogens is 1. The molecule has 2 fully saturated rings. The Morgan fingerprint density at radius 3 is 2.88 bits per heavy atom. The summed E-state index contributed by atoms with van der Waals surface area (Å²) in [5.41, 5.74) is 3.31. The summed E-state index contributed by atoms with van der Waals surface area (Å²) in [6.45, 7) is 0.802. The van der Waals surface area contributed by atoms with E-state index in [1.807, 2.05) is 30.3 Å². The first-order valence-electron chi connectivity index (χ1n) is 9.36. The first kappa shape index (κ1) is 16.0. The molecule has 5 rings (SSSR count). The van der Waals surface area contributed by atoms with Crippen LogP contribution in [-0.4, -0.2) is 57.0 Å².